The van der Waals surface area contributed by atoms with Crippen LogP contribution in [-0.2, 0) is 11.2 Å². The molecule has 5 nitrogen and oxygen atoms in total. The molecule has 6 heteroatoms. The Labute approximate surface area is 161 Å². The molecule has 1 aromatic heterocycles. The van der Waals surface area contributed by atoms with Gasteiger partial charge in [0.1, 0.15) is 5.75 Å². The quantitative estimate of drug-likeness (QED) is 0.710. The highest BCUT2D eigenvalue weighted by Crippen LogP contribution is 2.29. The lowest BCUT2D eigenvalue weighted by Gasteiger charge is -2.20. The summed E-state index contributed by atoms with van der Waals surface area (Å²) in [6.07, 6.45) is 0.713. The first-order valence-electron chi connectivity index (χ1n) is 8.64. The van der Waals surface area contributed by atoms with Crippen LogP contribution in [0, 0.1) is 0 Å². The van der Waals surface area contributed by atoms with Crippen LogP contribution in [0.25, 0.3) is 0 Å². The Morgan fingerprint density at radius 1 is 1.15 bits per heavy atom. The number of ether oxygens (including phenoxy) is 1. The summed E-state index contributed by atoms with van der Waals surface area (Å²) in [6, 6.07) is 19.0. The normalized spacial score (nSPS) is 13.9. The summed E-state index contributed by atoms with van der Waals surface area (Å²) < 4.78 is 5.41. The van der Waals surface area contributed by atoms with Crippen LogP contribution in [0.15, 0.2) is 66.0 Å². The maximum absolute atomic E-state index is 12.8. The summed E-state index contributed by atoms with van der Waals surface area (Å²) in [6.45, 7) is -0.0378. The van der Waals surface area contributed by atoms with Crippen LogP contribution in [0.4, 0.5) is 5.69 Å². The SMILES string of the molecule is O=C1COc2cc(C(=O)NC(Cc3ccccc3)c3cccs3)ccc2N1. The van der Waals surface area contributed by atoms with Gasteiger partial charge in [-0.25, -0.2) is 0 Å². The van der Waals surface area contributed by atoms with Crippen LogP contribution in [0.1, 0.15) is 26.8 Å². The number of rotatable bonds is 5. The molecule has 4 rings (SSSR count). The molecule has 0 radical (unpaired) electrons. The van der Waals surface area contributed by atoms with Gasteiger partial charge < -0.3 is 15.4 Å². The molecule has 2 amide bonds. The number of carbonyl (C=O) groups excluding carboxylic acids is 2. The van der Waals surface area contributed by atoms with Gasteiger partial charge >= 0.3 is 0 Å². The second kappa shape index (κ2) is 7.63. The maximum atomic E-state index is 12.8. The zero-order valence-electron chi connectivity index (χ0n) is 14.5. The van der Waals surface area contributed by atoms with Gasteiger partial charge in [0, 0.05) is 10.4 Å². The van der Waals surface area contributed by atoms with Crippen LogP contribution in [0.5, 0.6) is 5.75 Å². The van der Waals surface area contributed by atoms with E-state index < -0.39 is 0 Å². The monoisotopic (exact) mass is 378 g/mol. The van der Waals surface area contributed by atoms with Crippen molar-refractivity contribution in [2.24, 2.45) is 0 Å². The van der Waals surface area contributed by atoms with E-state index in [2.05, 4.69) is 22.8 Å². The van der Waals surface area contributed by atoms with Gasteiger partial charge in [0.25, 0.3) is 11.8 Å². The van der Waals surface area contributed by atoms with Crippen LogP contribution < -0.4 is 15.4 Å². The standard InChI is InChI=1S/C21H18N2O3S/c24-20-13-26-18-12-15(8-9-16(18)22-20)21(25)23-17(19-7-4-10-27-19)11-14-5-2-1-3-6-14/h1-10,12,17H,11,13H2,(H,22,24)(H,23,25). The van der Waals surface area contributed by atoms with Gasteiger partial charge in [-0.15, -0.1) is 11.3 Å². The first-order chi connectivity index (χ1) is 13.2. The number of fused-ring (bicyclic) bond motifs is 1. The number of carbonyl (C=O) groups is 2. The molecule has 0 saturated carbocycles. The largest absolute Gasteiger partial charge is 0.482 e. The number of thiophene rings is 1. The summed E-state index contributed by atoms with van der Waals surface area (Å²) in [5.74, 6) is 0.144. The van der Waals surface area contributed by atoms with Gasteiger partial charge in [-0.05, 0) is 41.6 Å². The van der Waals surface area contributed by atoms with Crippen molar-refractivity contribution in [1.82, 2.24) is 5.32 Å². The third-order valence-corrected chi connectivity index (χ3v) is 5.34. The Morgan fingerprint density at radius 3 is 2.78 bits per heavy atom. The molecule has 0 fully saturated rings. The molecule has 1 aliphatic heterocycles. The Bertz CT molecular complexity index is 955. The van der Waals surface area contributed by atoms with Crippen molar-refractivity contribution in [2.45, 2.75) is 12.5 Å². The van der Waals surface area contributed by atoms with Crippen molar-refractivity contribution in [1.29, 1.82) is 0 Å². The highest BCUT2D eigenvalue weighted by atomic mass is 32.1. The molecule has 0 bridgehead atoms. The van der Waals surface area contributed by atoms with E-state index in [0.717, 1.165) is 10.4 Å². The number of nitrogens with one attached hydrogen (secondary N) is 2. The summed E-state index contributed by atoms with van der Waals surface area (Å²) >= 11 is 1.62. The average molecular weight is 378 g/mol. The topological polar surface area (TPSA) is 67.4 Å². The molecule has 0 aliphatic carbocycles. The maximum Gasteiger partial charge on any atom is 0.262 e. The molecule has 0 saturated heterocycles. The van der Waals surface area contributed by atoms with Crippen LogP contribution >= 0.6 is 11.3 Å². The van der Waals surface area contributed by atoms with E-state index in [1.165, 1.54) is 0 Å². The number of hydrogen-bond acceptors (Lipinski definition) is 4. The zero-order chi connectivity index (χ0) is 18.6. The van der Waals surface area contributed by atoms with E-state index in [9.17, 15) is 9.59 Å². The van der Waals surface area contributed by atoms with E-state index >= 15 is 0 Å². The van der Waals surface area contributed by atoms with Crippen molar-refractivity contribution in [3.63, 3.8) is 0 Å². The second-order valence-electron chi connectivity index (χ2n) is 6.28. The lowest BCUT2D eigenvalue weighted by Crippen LogP contribution is -2.30. The van der Waals surface area contributed by atoms with E-state index in [4.69, 9.17) is 4.74 Å². The van der Waals surface area contributed by atoms with Crippen molar-refractivity contribution in [3.05, 3.63) is 82.0 Å². The first-order valence-corrected chi connectivity index (χ1v) is 9.52. The highest BCUT2D eigenvalue weighted by molar-refractivity contribution is 7.10. The molecular weight excluding hydrogens is 360 g/mol. The lowest BCUT2D eigenvalue weighted by molar-refractivity contribution is -0.118. The van der Waals surface area contributed by atoms with Gasteiger partial charge in [-0.3, -0.25) is 9.59 Å². The van der Waals surface area contributed by atoms with Crippen molar-refractivity contribution < 1.29 is 14.3 Å². The molecule has 2 aromatic carbocycles. The number of anilines is 1. The predicted molar refractivity (Wildman–Crippen MR) is 105 cm³/mol. The van der Waals surface area contributed by atoms with Crippen LogP contribution in [-0.4, -0.2) is 18.4 Å². The number of amides is 2. The van der Waals surface area contributed by atoms with Gasteiger partial charge in [-0.1, -0.05) is 36.4 Å². The fraction of sp³-hybridized carbons (Fsp3) is 0.143. The molecular formula is C21H18N2O3S. The molecule has 1 atom stereocenters. The minimum Gasteiger partial charge on any atom is -0.482 e. The molecule has 0 spiro atoms. The minimum absolute atomic E-state index is 0.0378. The number of hydrogen-bond donors (Lipinski definition) is 2. The Hall–Kier alpha value is -3.12. The predicted octanol–water partition coefficient (Wildman–Crippen LogP) is 3.79. The van der Waals surface area contributed by atoms with Crippen molar-refractivity contribution in [3.8, 4) is 5.75 Å². The Morgan fingerprint density at radius 2 is 2.00 bits per heavy atom. The molecule has 2 heterocycles. The third kappa shape index (κ3) is 4.01. The van der Waals surface area contributed by atoms with Gasteiger partial charge in [0.2, 0.25) is 0 Å². The van der Waals surface area contributed by atoms with E-state index in [0.29, 0.717) is 23.4 Å². The van der Waals surface area contributed by atoms with Crippen LogP contribution in [0.2, 0.25) is 0 Å². The molecule has 27 heavy (non-hydrogen) atoms. The van der Waals surface area contributed by atoms with Crippen LogP contribution in [0.3, 0.4) is 0 Å². The van der Waals surface area contributed by atoms with Gasteiger partial charge in [-0.2, -0.15) is 0 Å². The highest BCUT2D eigenvalue weighted by Gasteiger charge is 2.21. The molecule has 136 valence electrons. The number of benzene rings is 2. The zero-order valence-corrected chi connectivity index (χ0v) is 15.3. The summed E-state index contributed by atoms with van der Waals surface area (Å²) in [5, 5.41) is 7.87. The minimum atomic E-state index is -0.194. The molecule has 2 N–H and O–H groups in total. The van der Waals surface area contributed by atoms with E-state index in [1.807, 2.05) is 35.7 Å². The summed E-state index contributed by atoms with van der Waals surface area (Å²) in [7, 11) is 0. The second-order valence-corrected chi connectivity index (χ2v) is 7.26. The molecule has 1 unspecified atom stereocenters. The van der Waals surface area contributed by atoms with E-state index in [-0.39, 0.29) is 24.5 Å². The first kappa shape index (κ1) is 17.3. The smallest absolute Gasteiger partial charge is 0.262 e. The van der Waals surface area contributed by atoms with Gasteiger partial charge in [0.05, 0.1) is 11.7 Å². The van der Waals surface area contributed by atoms with Gasteiger partial charge in [0.15, 0.2) is 6.61 Å². The van der Waals surface area contributed by atoms with Crippen molar-refractivity contribution >= 4 is 28.8 Å². The van der Waals surface area contributed by atoms with E-state index in [1.54, 1.807) is 29.5 Å². The molecule has 3 aromatic rings. The van der Waals surface area contributed by atoms with Crippen molar-refractivity contribution in [2.75, 3.05) is 11.9 Å². The summed E-state index contributed by atoms with van der Waals surface area (Å²) in [5.41, 5.74) is 2.24. The third-order valence-electron chi connectivity index (χ3n) is 4.35. The molecule has 1 aliphatic rings. The Kier molecular flexibility index (Phi) is 4.89. The Balaban J connectivity index is 1.54. The fourth-order valence-electron chi connectivity index (χ4n) is 3.02. The lowest BCUT2D eigenvalue weighted by atomic mass is 10.0. The summed E-state index contributed by atoms with van der Waals surface area (Å²) in [4.78, 5) is 25.3. The fourth-order valence-corrected chi connectivity index (χ4v) is 3.80. The average Bonchev–Trinajstić information content (AvgIpc) is 3.22.